The maximum Gasteiger partial charge on any atom is 0.338 e. The molecular weight excluding hydrogens is 520 g/mol. The van der Waals surface area contributed by atoms with Gasteiger partial charge in [0.15, 0.2) is 29.6 Å². The number of nitrogens with zero attached hydrogens (tertiary/aromatic N) is 1. The highest BCUT2D eigenvalue weighted by atomic mass is 16.5. The quantitative estimate of drug-likeness (QED) is 0.194. The molecule has 12 nitrogen and oxygen atoms in total. The lowest BCUT2D eigenvalue weighted by Gasteiger charge is -2.28. The van der Waals surface area contributed by atoms with Crippen molar-refractivity contribution in [2.75, 3.05) is 33.5 Å². The van der Waals surface area contributed by atoms with Crippen molar-refractivity contribution in [1.82, 2.24) is 16.1 Å². The van der Waals surface area contributed by atoms with Gasteiger partial charge >= 0.3 is 12.0 Å². The molecule has 214 valence electrons. The predicted octanol–water partition coefficient (Wildman–Crippen LogP) is 3.21. The third-order valence-electron chi connectivity index (χ3n) is 5.61. The molecule has 0 saturated carbocycles. The van der Waals surface area contributed by atoms with E-state index in [0.29, 0.717) is 47.3 Å². The van der Waals surface area contributed by atoms with Gasteiger partial charge in [0.25, 0.3) is 5.91 Å². The molecule has 40 heavy (non-hydrogen) atoms. The molecule has 12 heteroatoms. The first-order valence-corrected chi connectivity index (χ1v) is 12.8. The predicted molar refractivity (Wildman–Crippen MR) is 147 cm³/mol. The van der Waals surface area contributed by atoms with E-state index in [1.807, 2.05) is 13.8 Å². The molecule has 0 aliphatic carbocycles. The van der Waals surface area contributed by atoms with E-state index in [4.69, 9.17) is 23.7 Å². The number of rotatable bonds is 13. The molecule has 0 unspecified atom stereocenters. The van der Waals surface area contributed by atoms with Crippen molar-refractivity contribution in [2.45, 2.75) is 33.7 Å². The zero-order chi connectivity index (χ0) is 29.1. The van der Waals surface area contributed by atoms with Crippen LogP contribution >= 0.6 is 0 Å². The molecule has 1 atom stereocenters. The van der Waals surface area contributed by atoms with Crippen LogP contribution in [0, 0.1) is 0 Å². The molecule has 3 N–H and O–H groups in total. The highest BCUT2D eigenvalue weighted by Gasteiger charge is 2.32. The number of carbonyl (C=O) groups is 3. The number of methoxy groups -OCH3 is 1. The van der Waals surface area contributed by atoms with Crippen LogP contribution in [0.3, 0.4) is 0 Å². The van der Waals surface area contributed by atoms with Crippen molar-refractivity contribution in [3.8, 4) is 23.0 Å². The van der Waals surface area contributed by atoms with Crippen molar-refractivity contribution in [2.24, 2.45) is 5.10 Å². The highest BCUT2D eigenvalue weighted by molar-refractivity contribution is 5.95. The van der Waals surface area contributed by atoms with Crippen molar-refractivity contribution in [3.05, 3.63) is 58.8 Å². The van der Waals surface area contributed by atoms with E-state index in [1.54, 1.807) is 50.2 Å². The summed E-state index contributed by atoms with van der Waals surface area (Å²) in [4.78, 5) is 37.0. The average molecular weight is 555 g/mol. The molecule has 0 radical (unpaired) electrons. The van der Waals surface area contributed by atoms with Crippen LogP contribution in [-0.2, 0) is 14.3 Å². The molecule has 1 heterocycles. The first-order chi connectivity index (χ1) is 19.3. The molecule has 2 aromatic rings. The van der Waals surface area contributed by atoms with Gasteiger partial charge < -0.3 is 34.3 Å². The third kappa shape index (κ3) is 7.65. The fourth-order valence-electron chi connectivity index (χ4n) is 3.91. The minimum absolute atomic E-state index is 0.187. The summed E-state index contributed by atoms with van der Waals surface area (Å²) in [5.41, 5.74) is 4.36. The SMILES string of the molecule is CCOC(=O)C1=C(C)NC(=O)N[C@H]1c1ccc(OCC(=O)N/N=C\c2ccc(OCC)c(OCC)c2)c(OC)c1. The van der Waals surface area contributed by atoms with E-state index in [-0.39, 0.29) is 24.5 Å². The lowest BCUT2D eigenvalue weighted by molar-refractivity contribution is -0.139. The number of hydrogen-bond acceptors (Lipinski definition) is 9. The summed E-state index contributed by atoms with van der Waals surface area (Å²) in [6, 6.07) is 8.99. The highest BCUT2D eigenvalue weighted by Crippen LogP contribution is 2.34. The lowest BCUT2D eigenvalue weighted by Crippen LogP contribution is -2.45. The fraction of sp³-hybridized carbons (Fsp3) is 0.357. The minimum Gasteiger partial charge on any atom is -0.493 e. The summed E-state index contributed by atoms with van der Waals surface area (Å²) < 4.78 is 27.4. The first-order valence-electron chi connectivity index (χ1n) is 12.8. The van der Waals surface area contributed by atoms with Gasteiger partial charge in [-0.15, -0.1) is 0 Å². The van der Waals surface area contributed by atoms with Crippen molar-refractivity contribution >= 4 is 24.1 Å². The van der Waals surface area contributed by atoms with Gasteiger partial charge in [0.1, 0.15) is 0 Å². The fourth-order valence-corrected chi connectivity index (χ4v) is 3.91. The van der Waals surface area contributed by atoms with E-state index in [0.717, 1.165) is 0 Å². The summed E-state index contributed by atoms with van der Waals surface area (Å²) >= 11 is 0. The number of allylic oxidation sites excluding steroid dienone is 1. The molecule has 1 aliphatic heterocycles. The maximum atomic E-state index is 12.6. The molecule has 0 fully saturated rings. The van der Waals surface area contributed by atoms with Crippen LogP contribution in [-0.4, -0.2) is 57.7 Å². The van der Waals surface area contributed by atoms with E-state index in [1.165, 1.54) is 13.3 Å². The van der Waals surface area contributed by atoms with Crippen LogP contribution in [0.5, 0.6) is 23.0 Å². The van der Waals surface area contributed by atoms with Gasteiger partial charge in [-0.05, 0) is 69.2 Å². The number of esters is 1. The number of nitrogens with one attached hydrogen (secondary N) is 3. The number of carbonyl (C=O) groups excluding carboxylic acids is 3. The van der Waals surface area contributed by atoms with Gasteiger partial charge in [-0.1, -0.05) is 6.07 Å². The summed E-state index contributed by atoms with van der Waals surface area (Å²) in [7, 11) is 1.44. The van der Waals surface area contributed by atoms with E-state index >= 15 is 0 Å². The Hall–Kier alpha value is -4.74. The van der Waals surface area contributed by atoms with E-state index in [9.17, 15) is 14.4 Å². The number of urea groups is 1. The standard InChI is InChI=1S/C28H34N4O8/c1-6-37-21-11-9-18(13-23(21)38-7-2)15-29-32-24(33)16-40-20-12-10-19(14-22(20)36-5)26-25(27(34)39-8-3)17(4)30-28(35)31-26/h9-15,26H,6-8,16H2,1-5H3,(H,32,33)(H2,30,31,35)/b29-15-/t26-/m0/s1. The minimum atomic E-state index is -0.765. The van der Waals surface area contributed by atoms with Crippen LogP contribution in [0.15, 0.2) is 52.8 Å². The smallest absolute Gasteiger partial charge is 0.338 e. The Balaban J connectivity index is 1.66. The number of benzene rings is 2. The Bertz CT molecular complexity index is 1290. The molecule has 0 saturated heterocycles. The molecular formula is C28H34N4O8. The molecule has 0 spiro atoms. The van der Waals surface area contributed by atoms with Gasteiger partial charge in [-0.2, -0.15) is 5.10 Å². The van der Waals surface area contributed by atoms with Gasteiger partial charge in [-0.3, -0.25) is 4.79 Å². The van der Waals surface area contributed by atoms with Crippen LogP contribution in [0.4, 0.5) is 4.79 Å². The van der Waals surface area contributed by atoms with Gasteiger partial charge in [0.05, 0.1) is 44.8 Å². The van der Waals surface area contributed by atoms with Crippen LogP contribution in [0.25, 0.3) is 0 Å². The Morgan fingerprint density at radius 3 is 2.35 bits per heavy atom. The molecule has 1 aliphatic rings. The lowest BCUT2D eigenvalue weighted by atomic mass is 9.95. The largest absolute Gasteiger partial charge is 0.493 e. The van der Waals surface area contributed by atoms with E-state index in [2.05, 4.69) is 21.2 Å². The second kappa shape index (κ2) is 14.4. The maximum absolute atomic E-state index is 12.6. The number of hydrazone groups is 1. The second-order valence-electron chi connectivity index (χ2n) is 8.35. The molecule has 3 amide bonds. The number of ether oxygens (including phenoxy) is 5. The number of hydrogen-bond donors (Lipinski definition) is 3. The summed E-state index contributed by atoms with van der Waals surface area (Å²) in [5.74, 6) is 0.768. The Morgan fingerprint density at radius 1 is 0.950 bits per heavy atom. The van der Waals surface area contributed by atoms with Crippen LogP contribution in [0.1, 0.15) is 44.9 Å². The monoisotopic (exact) mass is 554 g/mol. The summed E-state index contributed by atoms with van der Waals surface area (Å²) in [6.07, 6.45) is 1.48. The zero-order valence-electron chi connectivity index (χ0n) is 23.2. The molecule has 0 bridgehead atoms. The zero-order valence-corrected chi connectivity index (χ0v) is 23.2. The van der Waals surface area contributed by atoms with Gasteiger partial charge in [-0.25, -0.2) is 15.0 Å². The van der Waals surface area contributed by atoms with Gasteiger partial charge in [0.2, 0.25) is 0 Å². The number of amides is 3. The van der Waals surface area contributed by atoms with Crippen molar-refractivity contribution in [1.29, 1.82) is 0 Å². The summed E-state index contributed by atoms with van der Waals surface area (Å²) in [5, 5.41) is 9.29. The third-order valence-corrected chi connectivity index (χ3v) is 5.61. The van der Waals surface area contributed by atoms with E-state index < -0.39 is 23.9 Å². The van der Waals surface area contributed by atoms with Crippen LogP contribution < -0.4 is 35.0 Å². The molecule has 2 aromatic carbocycles. The Kier molecular flexibility index (Phi) is 10.7. The Morgan fingerprint density at radius 2 is 1.65 bits per heavy atom. The molecule has 0 aromatic heterocycles. The van der Waals surface area contributed by atoms with Crippen LogP contribution in [0.2, 0.25) is 0 Å². The topological polar surface area (TPSA) is 146 Å². The second-order valence-corrected chi connectivity index (χ2v) is 8.35. The van der Waals surface area contributed by atoms with Crippen molar-refractivity contribution in [3.63, 3.8) is 0 Å². The normalized spacial score (nSPS) is 14.7. The molecule has 3 rings (SSSR count). The van der Waals surface area contributed by atoms with Gasteiger partial charge in [0, 0.05) is 5.70 Å². The first kappa shape index (κ1) is 29.8. The summed E-state index contributed by atoms with van der Waals surface area (Å²) in [6.45, 7) is 7.94. The average Bonchev–Trinajstić information content (AvgIpc) is 2.93. The Labute approximate surface area is 232 Å². The van der Waals surface area contributed by atoms with Crippen molar-refractivity contribution < 1.29 is 38.1 Å².